The van der Waals surface area contributed by atoms with Crippen molar-refractivity contribution in [2.24, 2.45) is 5.92 Å². The predicted octanol–water partition coefficient (Wildman–Crippen LogP) is 2.94. The lowest BCUT2D eigenvalue weighted by molar-refractivity contribution is 0.533. The molecule has 0 bridgehead atoms. The van der Waals surface area contributed by atoms with Gasteiger partial charge in [-0.2, -0.15) is 0 Å². The monoisotopic (exact) mass is 249 g/mol. The van der Waals surface area contributed by atoms with E-state index in [0.29, 0.717) is 5.92 Å². The molecule has 3 nitrogen and oxygen atoms in total. The van der Waals surface area contributed by atoms with Crippen LogP contribution >= 0.6 is 0 Å². The molecular weight excluding hydrogens is 229 g/mol. The molecule has 0 saturated carbocycles. The summed E-state index contributed by atoms with van der Waals surface area (Å²) in [6.07, 6.45) is 0. The van der Waals surface area contributed by atoms with Crippen LogP contribution in [0.5, 0.6) is 0 Å². The van der Waals surface area contributed by atoms with Crippen molar-refractivity contribution in [1.29, 1.82) is 0 Å². The predicted molar refractivity (Wildman–Crippen MR) is 71.9 cm³/mol. The van der Waals surface area contributed by atoms with Gasteiger partial charge in [0.1, 0.15) is 11.6 Å². The summed E-state index contributed by atoms with van der Waals surface area (Å²) in [6, 6.07) is 4.75. The number of aromatic nitrogens is 2. The van der Waals surface area contributed by atoms with Gasteiger partial charge in [-0.05, 0) is 37.6 Å². The number of benzene rings is 1. The van der Waals surface area contributed by atoms with E-state index in [1.54, 1.807) is 12.1 Å². The van der Waals surface area contributed by atoms with Crippen LogP contribution in [0.2, 0.25) is 0 Å². The van der Waals surface area contributed by atoms with Crippen LogP contribution in [0.15, 0.2) is 18.2 Å². The van der Waals surface area contributed by atoms with E-state index in [9.17, 15) is 4.39 Å². The third-order valence-corrected chi connectivity index (χ3v) is 2.94. The van der Waals surface area contributed by atoms with Crippen LogP contribution in [0.1, 0.15) is 26.6 Å². The van der Waals surface area contributed by atoms with Crippen LogP contribution in [-0.2, 0) is 13.1 Å². The Bertz CT molecular complexity index is 531. The first-order chi connectivity index (χ1) is 8.61. The van der Waals surface area contributed by atoms with Crippen molar-refractivity contribution in [2.45, 2.75) is 33.9 Å². The molecule has 1 heterocycles. The topological polar surface area (TPSA) is 29.9 Å². The molecular formula is C14H20FN3. The van der Waals surface area contributed by atoms with Gasteiger partial charge in [-0.25, -0.2) is 9.37 Å². The number of aryl methyl sites for hydroxylation is 1. The van der Waals surface area contributed by atoms with Crippen LogP contribution in [0.4, 0.5) is 4.39 Å². The Morgan fingerprint density at radius 3 is 2.83 bits per heavy atom. The fourth-order valence-corrected chi connectivity index (χ4v) is 2.11. The molecule has 2 aromatic rings. The standard InChI is InChI=1S/C14H20FN3/c1-4-18-13-7-11(15)5-6-12(13)17-14(18)9-16-8-10(2)3/h5-7,10,16H,4,8-9H2,1-3H3. The van der Waals surface area contributed by atoms with E-state index in [4.69, 9.17) is 0 Å². The second-order valence-corrected chi connectivity index (χ2v) is 4.93. The summed E-state index contributed by atoms with van der Waals surface area (Å²) < 4.78 is 15.3. The van der Waals surface area contributed by atoms with Gasteiger partial charge < -0.3 is 9.88 Å². The van der Waals surface area contributed by atoms with Crippen molar-refractivity contribution in [1.82, 2.24) is 14.9 Å². The van der Waals surface area contributed by atoms with Gasteiger partial charge in [-0.1, -0.05) is 13.8 Å². The number of halogens is 1. The summed E-state index contributed by atoms with van der Waals surface area (Å²) in [5.74, 6) is 1.37. The largest absolute Gasteiger partial charge is 0.327 e. The molecule has 0 aliphatic rings. The fraction of sp³-hybridized carbons (Fsp3) is 0.500. The molecule has 2 rings (SSSR count). The number of nitrogens with one attached hydrogen (secondary N) is 1. The highest BCUT2D eigenvalue weighted by molar-refractivity contribution is 5.76. The van der Waals surface area contributed by atoms with E-state index in [0.717, 1.165) is 36.5 Å². The van der Waals surface area contributed by atoms with Gasteiger partial charge in [-0.15, -0.1) is 0 Å². The molecule has 18 heavy (non-hydrogen) atoms. The number of hydrogen-bond acceptors (Lipinski definition) is 2. The number of hydrogen-bond donors (Lipinski definition) is 1. The maximum atomic E-state index is 13.3. The highest BCUT2D eigenvalue weighted by Crippen LogP contribution is 2.17. The van der Waals surface area contributed by atoms with Crippen molar-refractivity contribution in [3.63, 3.8) is 0 Å². The van der Waals surface area contributed by atoms with E-state index >= 15 is 0 Å². The lowest BCUT2D eigenvalue weighted by atomic mass is 10.2. The number of rotatable bonds is 5. The van der Waals surface area contributed by atoms with Crippen LogP contribution in [0, 0.1) is 11.7 Å². The Kier molecular flexibility index (Phi) is 3.97. The minimum Gasteiger partial charge on any atom is -0.327 e. The molecule has 0 aliphatic carbocycles. The van der Waals surface area contributed by atoms with Gasteiger partial charge in [0.25, 0.3) is 0 Å². The summed E-state index contributed by atoms with van der Waals surface area (Å²) in [6.45, 7) is 8.89. The average Bonchev–Trinajstić information content (AvgIpc) is 2.65. The number of nitrogens with zero attached hydrogens (tertiary/aromatic N) is 2. The Morgan fingerprint density at radius 1 is 1.39 bits per heavy atom. The normalized spacial score (nSPS) is 11.6. The summed E-state index contributed by atoms with van der Waals surface area (Å²) in [5, 5.41) is 3.37. The van der Waals surface area contributed by atoms with Gasteiger partial charge >= 0.3 is 0 Å². The molecule has 98 valence electrons. The zero-order chi connectivity index (χ0) is 13.1. The number of fused-ring (bicyclic) bond motifs is 1. The Labute approximate surface area is 107 Å². The second kappa shape index (κ2) is 5.48. The van der Waals surface area contributed by atoms with Crippen molar-refractivity contribution in [3.05, 3.63) is 29.8 Å². The van der Waals surface area contributed by atoms with Gasteiger partial charge in [0.2, 0.25) is 0 Å². The van der Waals surface area contributed by atoms with Gasteiger partial charge in [0.05, 0.1) is 17.6 Å². The first-order valence-electron chi connectivity index (χ1n) is 6.47. The molecule has 4 heteroatoms. The SMILES string of the molecule is CCn1c(CNCC(C)C)nc2ccc(F)cc21. The van der Waals surface area contributed by atoms with E-state index < -0.39 is 0 Å². The molecule has 1 aromatic carbocycles. The first-order valence-corrected chi connectivity index (χ1v) is 6.47. The maximum Gasteiger partial charge on any atom is 0.125 e. The molecule has 0 fully saturated rings. The lowest BCUT2D eigenvalue weighted by Crippen LogP contribution is -2.21. The molecule has 0 atom stereocenters. The molecule has 0 radical (unpaired) electrons. The van der Waals surface area contributed by atoms with E-state index in [2.05, 4.69) is 35.6 Å². The second-order valence-electron chi connectivity index (χ2n) is 4.93. The average molecular weight is 249 g/mol. The molecule has 0 unspecified atom stereocenters. The Balaban J connectivity index is 2.27. The highest BCUT2D eigenvalue weighted by Gasteiger charge is 2.09. The quantitative estimate of drug-likeness (QED) is 0.883. The van der Waals surface area contributed by atoms with Crippen molar-refractivity contribution < 1.29 is 4.39 Å². The third-order valence-electron chi connectivity index (χ3n) is 2.94. The molecule has 1 aromatic heterocycles. The van der Waals surface area contributed by atoms with Gasteiger partial charge in [0, 0.05) is 6.54 Å². The highest BCUT2D eigenvalue weighted by atomic mass is 19.1. The lowest BCUT2D eigenvalue weighted by Gasteiger charge is -2.09. The summed E-state index contributed by atoms with van der Waals surface area (Å²) >= 11 is 0. The Hall–Kier alpha value is -1.42. The zero-order valence-corrected chi connectivity index (χ0v) is 11.2. The van der Waals surface area contributed by atoms with Crippen LogP contribution in [0.3, 0.4) is 0 Å². The summed E-state index contributed by atoms with van der Waals surface area (Å²) in [7, 11) is 0. The number of imidazole rings is 1. The molecule has 0 spiro atoms. The maximum absolute atomic E-state index is 13.3. The molecule has 1 N–H and O–H groups in total. The molecule has 0 saturated heterocycles. The van der Waals surface area contributed by atoms with E-state index in [-0.39, 0.29) is 5.82 Å². The van der Waals surface area contributed by atoms with Crippen LogP contribution in [0.25, 0.3) is 11.0 Å². The van der Waals surface area contributed by atoms with E-state index in [1.807, 2.05) is 0 Å². The van der Waals surface area contributed by atoms with E-state index in [1.165, 1.54) is 6.07 Å². The van der Waals surface area contributed by atoms with Crippen LogP contribution < -0.4 is 5.32 Å². The molecule has 0 amide bonds. The third kappa shape index (κ3) is 2.70. The molecule has 0 aliphatic heterocycles. The fourth-order valence-electron chi connectivity index (χ4n) is 2.11. The van der Waals surface area contributed by atoms with Crippen molar-refractivity contribution >= 4 is 11.0 Å². The van der Waals surface area contributed by atoms with Crippen molar-refractivity contribution in [3.8, 4) is 0 Å². The minimum atomic E-state index is -0.209. The smallest absolute Gasteiger partial charge is 0.125 e. The van der Waals surface area contributed by atoms with Crippen molar-refractivity contribution in [2.75, 3.05) is 6.54 Å². The van der Waals surface area contributed by atoms with Gasteiger partial charge in [0.15, 0.2) is 0 Å². The first kappa shape index (κ1) is 13.0. The summed E-state index contributed by atoms with van der Waals surface area (Å²) in [4.78, 5) is 4.56. The minimum absolute atomic E-state index is 0.209. The van der Waals surface area contributed by atoms with Gasteiger partial charge in [-0.3, -0.25) is 0 Å². The summed E-state index contributed by atoms with van der Waals surface area (Å²) in [5.41, 5.74) is 1.73. The van der Waals surface area contributed by atoms with Crippen LogP contribution in [-0.4, -0.2) is 16.1 Å². The Morgan fingerprint density at radius 2 is 2.17 bits per heavy atom. The zero-order valence-electron chi connectivity index (χ0n) is 11.2.